The van der Waals surface area contributed by atoms with Gasteiger partial charge in [-0.3, -0.25) is 9.78 Å². The lowest BCUT2D eigenvalue weighted by Gasteiger charge is -2.28. The van der Waals surface area contributed by atoms with Crippen LogP contribution in [0.25, 0.3) is 0 Å². The maximum Gasteiger partial charge on any atom is 0.224 e. The van der Waals surface area contributed by atoms with E-state index in [1.807, 2.05) is 19.1 Å². The number of aryl methyl sites for hydroxylation is 1. The summed E-state index contributed by atoms with van der Waals surface area (Å²) in [7, 11) is 0. The molecule has 1 aromatic rings. The van der Waals surface area contributed by atoms with E-state index in [-0.39, 0.29) is 30.7 Å². The largest absolute Gasteiger partial charge is 0.324 e. The number of hydrogen-bond donors (Lipinski definition) is 2. The van der Waals surface area contributed by atoms with E-state index in [0.717, 1.165) is 24.2 Å². The van der Waals surface area contributed by atoms with Gasteiger partial charge in [-0.05, 0) is 50.7 Å². The minimum absolute atomic E-state index is 0. The molecule has 2 N–H and O–H groups in total. The molecule has 118 valence electrons. The van der Waals surface area contributed by atoms with Crippen LogP contribution in [0.2, 0.25) is 0 Å². The minimum atomic E-state index is 0. The monoisotopic (exact) mass is 331 g/mol. The Labute approximate surface area is 138 Å². The zero-order valence-corrected chi connectivity index (χ0v) is 13.8. The lowest BCUT2D eigenvalue weighted by molar-refractivity contribution is -0.117. The van der Waals surface area contributed by atoms with Crippen LogP contribution in [0.4, 0.5) is 5.69 Å². The maximum atomic E-state index is 12.1. The van der Waals surface area contributed by atoms with Crippen LogP contribution in [-0.4, -0.2) is 23.0 Å². The van der Waals surface area contributed by atoms with Gasteiger partial charge in [0.1, 0.15) is 0 Å². The molecule has 2 saturated heterocycles. The summed E-state index contributed by atoms with van der Waals surface area (Å²) < 4.78 is 0. The Bertz CT molecular complexity index is 472. The highest BCUT2D eigenvalue weighted by Gasteiger charge is 2.34. The van der Waals surface area contributed by atoms with E-state index < -0.39 is 0 Å². The van der Waals surface area contributed by atoms with E-state index in [0.29, 0.717) is 24.4 Å². The number of carbonyl (C=O) groups excluding carboxylic acids is 1. The van der Waals surface area contributed by atoms with Crippen LogP contribution in [-0.2, 0) is 4.79 Å². The number of aromatic nitrogens is 1. The van der Waals surface area contributed by atoms with Crippen LogP contribution in [0.15, 0.2) is 18.3 Å². The highest BCUT2D eigenvalue weighted by Crippen LogP contribution is 2.32. The molecule has 2 aliphatic rings. The fraction of sp³-hybridized carbons (Fsp3) is 0.600. The smallest absolute Gasteiger partial charge is 0.224 e. The molecule has 2 bridgehead atoms. The quantitative estimate of drug-likeness (QED) is 0.894. The summed E-state index contributed by atoms with van der Waals surface area (Å²) in [5.41, 5.74) is 1.71. The molecule has 1 aromatic heterocycles. The van der Waals surface area contributed by atoms with Gasteiger partial charge in [0.2, 0.25) is 5.91 Å². The number of rotatable bonds is 3. The second-order valence-corrected chi connectivity index (χ2v) is 5.86. The summed E-state index contributed by atoms with van der Waals surface area (Å²) in [5, 5.41) is 6.60. The lowest BCUT2D eigenvalue weighted by atomic mass is 9.89. The number of hydrogen-bond acceptors (Lipinski definition) is 3. The molecule has 0 spiro atoms. The van der Waals surface area contributed by atoms with Gasteiger partial charge in [-0.2, -0.15) is 0 Å². The summed E-state index contributed by atoms with van der Waals surface area (Å²) in [6.45, 7) is 1.92. The van der Waals surface area contributed by atoms with E-state index >= 15 is 0 Å². The third-order valence-corrected chi connectivity index (χ3v) is 4.33. The van der Waals surface area contributed by atoms with Gasteiger partial charge in [-0.25, -0.2) is 0 Å². The number of carbonyl (C=O) groups is 1. The van der Waals surface area contributed by atoms with Gasteiger partial charge in [0, 0.05) is 24.7 Å². The second kappa shape index (κ2) is 7.97. The molecule has 21 heavy (non-hydrogen) atoms. The topological polar surface area (TPSA) is 54.0 Å². The van der Waals surface area contributed by atoms with Gasteiger partial charge in [-0.1, -0.05) is 0 Å². The van der Waals surface area contributed by atoms with Crippen LogP contribution < -0.4 is 10.6 Å². The van der Waals surface area contributed by atoms with Crippen molar-refractivity contribution >= 4 is 36.4 Å². The highest BCUT2D eigenvalue weighted by molar-refractivity contribution is 5.91. The number of pyridine rings is 1. The van der Waals surface area contributed by atoms with Gasteiger partial charge in [0.15, 0.2) is 0 Å². The predicted octanol–water partition coefficient (Wildman–Crippen LogP) is 3.09. The molecule has 4 nitrogen and oxygen atoms in total. The van der Waals surface area contributed by atoms with Gasteiger partial charge in [0.25, 0.3) is 0 Å². The first-order chi connectivity index (χ1) is 9.20. The predicted molar refractivity (Wildman–Crippen MR) is 89.4 cm³/mol. The molecule has 0 saturated carbocycles. The molecular formula is C15H23Cl2N3O. The molecule has 2 fully saturated rings. The Morgan fingerprint density at radius 3 is 2.62 bits per heavy atom. The van der Waals surface area contributed by atoms with E-state index in [1.54, 1.807) is 6.20 Å². The first kappa shape index (κ1) is 18.2. The lowest BCUT2D eigenvalue weighted by Crippen LogP contribution is -2.39. The summed E-state index contributed by atoms with van der Waals surface area (Å²) >= 11 is 0. The molecule has 0 aliphatic carbocycles. The number of piperidine rings is 1. The summed E-state index contributed by atoms with van der Waals surface area (Å²) in [4.78, 5) is 16.3. The Morgan fingerprint density at radius 1 is 1.33 bits per heavy atom. The van der Waals surface area contributed by atoms with Crippen molar-refractivity contribution in [3.05, 3.63) is 24.0 Å². The number of nitrogens with one attached hydrogen (secondary N) is 2. The van der Waals surface area contributed by atoms with Crippen LogP contribution in [0.3, 0.4) is 0 Å². The second-order valence-electron chi connectivity index (χ2n) is 5.86. The molecular weight excluding hydrogens is 309 g/mol. The normalized spacial score (nSPS) is 26.4. The zero-order chi connectivity index (χ0) is 13.2. The number of halogens is 2. The summed E-state index contributed by atoms with van der Waals surface area (Å²) in [6.07, 6.45) is 7.25. The van der Waals surface area contributed by atoms with Gasteiger partial charge >= 0.3 is 0 Å². The first-order valence-electron chi connectivity index (χ1n) is 7.18. The first-order valence-corrected chi connectivity index (χ1v) is 7.18. The minimum Gasteiger partial charge on any atom is -0.324 e. The number of nitrogens with zero attached hydrogens (tertiary/aromatic N) is 1. The summed E-state index contributed by atoms with van der Waals surface area (Å²) in [6, 6.07) is 5.06. The molecule has 2 aliphatic heterocycles. The average Bonchev–Trinajstić information content (AvgIpc) is 2.72. The third kappa shape index (κ3) is 4.56. The molecule has 1 amide bonds. The van der Waals surface area contributed by atoms with Gasteiger partial charge in [0.05, 0.1) is 11.4 Å². The van der Waals surface area contributed by atoms with Crippen LogP contribution >= 0.6 is 24.8 Å². The van der Waals surface area contributed by atoms with Crippen molar-refractivity contribution in [1.82, 2.24) is 10.3 Å². The van der Waals surface area contributed by atoms with E-state index in [1.165, 1.54) is 12.8 Å². The molecule has 2 unspecified atom stereocenters. The Hall–Kier alpha value is -0.840. The Kier molecular flexibility index (Phi) is 6.91. The van der Waals surface area contributed by atoms with Crippen molar-refractivity contribution in [2.45, 2.75) is 51.1 Å². The SMILES string of the molecule is Cc1ncccc1NC(=O)CC1CC2CCC(C1)N2.Cl.Cl. The van der Waals surface area contributed by atoms with E-state index in [9.17, 15) is 4.79 Å². The van der Waals surface area contributed by atoms with Crippen molar-refractivity contribution in [1.29, 1.82) is 0 Å². The molecule has 0 radical (unpaired) electrons. The number of anilines is 1. The molecule has 3 rings (SSSR count). The highest BCUT2D eigenvalue weighted by atomic mass is 35.5. The van der Waals surface area contributed by atoms with Gasteiger partial charge in [-0.15, -0.1) is 24.8 Å². The van der Waals surface area contributed by atoms with Crippen LogP contribution in [0.5, 0.6) is 0 Å². The van der Waals surface area contributed by atoms with Crippen LogP contribution in [0, 0.1) is 12.8 Å². The van der Waals surface area contributed by atoms with Crippen LogP contribution in [0.1, 0.15) is 37.8 Å². The van der Waals surface area contributed by atoms with Crippen molar-refractivity contribution < 1.29 is 4.79 Å². The average molecular weight is 332 g/mol. The van der Waals surface area contributed by atoms with Crippen molar-refractivity contribution in [3.63, 3.8) is 0 Å². The number of fused-ring (bicyclic) bond motifs is 2. The van der Waals surface area contributed by atoms with Crippen molar-refractivity contribution in [2.75, 3.05) is 5.32 Å². The molecule has 3 heterocycles. The van der Waals surface area contributed by atoms with E-state index in [4.69, 9.17) is 0 Å². The molecule has 2 atom stereocenters. The molecule has 0 aromatic carbocycles. The standard InChI is InChI=1S/C15H21N3O.2ClH/c1-10-14(3-2-6-16-10)18-15(19)9-11-7-12-4-5-13(8-11)17-12;;/h2-3,6,11-13,17H,4-5,7-9H2,1H3,(H,18,19);2*1H. The zero-order valence-electron chi connectivity index (χ0n) is 12.2. The Balaban J connectivity index is 0.00000110. The Morgan fingerprint density at radius 2 is 2.00 bits per heavy atom. The number of amides is 1. The van der Waals surface area contributed by atoms with Crippen molar-refractivity contribution in [3.8, 4) is 0 Å². The maximum absolute atomic E-state index is 12.1. The van der Waals surface area contributed by atoms with E-state index in [2.05, 4.69) is 15.6 Å². The molecule has 6 heteroatoms. The fourth-order valence-electron chi connectivity index (χ4n) is 3.42. The van der Waals surface area contributed by atoms with Crippen molar-refractivity contribution in [2.24, 2.45) is 5.92 Å². The third-order valence-electron chi connectivity index (χ3n) is 4.33. The summed E-state index contributed by atoms with van der Waals surface area (Å²) in [5.74, 6) is 0.665. The fourth-order valence-corrected chi connectivity index (χ4v) is 3.42. The van der Waals surface area contributed by atoms with Gasteiger partial charge < -0.3 is 10.6 Å².